The van der Waals surface area contributed by atoms with E-state index in [0.717, 1.165) is 11.1 Å². The molecule has 1 saturated heterocycles. The van der Waals surface area contributed by atoms with E-state index in [4.69, 9.17) is 4.74 Å². The Kier molecular flexibility index (Phi) is 6.45. The normalized spacial score (nSPS) is 19.4. The number of benzene rings is 2. The first-order valence-corrected chi connectivity index (χ1v) is 12.5. The lowest BCUT2D eigenvalue weighted by Gasteiger charge is -2.31. The third kappa shape index (κ3) is 4.89. The van der Waals surface area contributed by atoms with Crippen LogP contribution in [0.5, 0.6) is 5.75 Å². The van der Waals surface area contributed by atoms with Gasteiger partial charge in [0.05, 0.1) is 10.6 Å². The standard InChI is InChI=1S/C24H29N3O5S/c1-15-5-4-6-18(11-15)14-25-24(29)19-7-9-27(10-8-19)33(30,31)22-13-21-20(12-16(22)2)26-23(28)17(3)32-21/h4-6,11-13,17,19H,7-10,14H2,1-3H3,(H,25,29)(H,26,28)/t17-/m1/s1. The van der Waals surface area contributed by atoms with Crippen molar-refractivity contribution in [2.75, 3.05) is 18.4 Å². The average molecular weight is 472 g/mol. The first-order chi connectivity index (χ1) is 15.6. The number of aryl methyl sites for hydroxylation is 2. The number of fused-ring (bicyclic) bond motifs is 1. The fourth-order valence-corrected chi connectivity index (χ4v) is 5.97. The number of hydrogen-bond acceptors (Lipinski definition) is 5. The van der Waals surface area contributed by atoms with Crippen molar-refractivity contribution in [1.29, 1.82) is 0 Å². The number of anilines is 1. The van der Waals surface area contributed by atoms with Crippen LogP contribution in [0.1, 0.15) is 36.5 Å². The molecule has 2 aromatic rings. The zero-order chi connectivity index (χ0) is 23.8. The van der Waals surface area contributed by atoms with Crippen LogP contribution in [0.2, 0.25) is 0 Å². The van der Waals surface area contributed by atoms with Gasteiger partial charge in [-0.25, -0.2) is 8.42 Å². The number of ether oxygens (including phenoxy) is 1. The summed E-state index contributed by atoms with van der Waals surface area (Å²) in [7, 11) is -3.76. The minimum absolute atomic E-state index is 0.0448. The number of amides is 2. The largest absolute Gasteiger partial charge is 0.479 e. The van der Waals surface area contributed by atoms with Gasteiger partial charge in [-0.2, -0.15) is 4.31 Å². The van der Waals surface area contributed by atoms with Gasteiger partial charge < -0.3 is 15.4 Å². The van der Waals surface area contributed by atoms with Gasteiger partial charge in [0.2, 0.25) is 15.9 Å². The van der Waals surface area contributed by atoms with Gasteiger partial charge in [-0.1, -0.05) is 29.8 Å². The van der Waals surface area contributed by atoms with E-state index in [1.165, 1.54) is 10.4 Å². The van der Waals surface area contributed by atoms with Crippen molar-refractivity contribution in [3.8, 4) is 5.75 Å². The number of piperidine rings is 1. The van der Waals surface area contributed by atoms with Crippen molar-refractivity contribution in [2.45, 2.75) is 51.2 Å². The summed E-state index contributed by atoms with van der Waals surface area (Å²) in [5.74, 6) is -0.182. The van der Waals surface area contributed by atoms with Crippen LogP contribution in [0.3, 0.4) is 0 Å². The molecule has 4 rings (SSSR count). The minimum Gasteiger partial charge on any atom is -0.479 e. The minimum atomic E-state index is -3.76. The quantitative estimate of drug-likeness (QED) is 0.698. The monoisotopic (exact) mass is 471 g/mol. The summed E-state index contributed by atoms with van der Waals surface area (Å²) in [5, 5.41) is 5.71. The molecule has 33 heavy (non-hydrogen) atoms. The topological polar surface area (TPSA) is 105 Å². The predicted octanol–water partition coefficient (Wildman–Crippen LogP) is 2.74. The molecule has 2 heterocycles. The lowest BCUT2D eigenvalue weighted by molar-refractivity contribution is -0.126. The Morgan fingerprint density at radius 2 is 1.91 bits per heavy atom. The molecule has 2 aromatic carbocycles. The highest BCUT2D eigenvalue weighted by molar-refractivity contribution is 7.89. The van der Waals surface area contributed by atoms with E-state index in [2.05, 4.69) is 10.6 Å². The summed E-state index contributed by atoms with van der Waals surface area (Å²) in [6.07, 6.45) is 0.240. The predicted molar refractivity (Wildman–Crippen MR) is 124 cm³/mol. The van der Waals surface area contributed by atoms with Crippen molar-refractivity contribution >= 4 is 27.5 Å². The molecule has 9 heteroatoms. The van der Waals surface area contributed by atoms with Crippen LogP contribution >= 0.6 is 0 Å². The second kappa shape index (κ2) is 9.15. The maximum Gasteiger partial charge on any atom is 0.265 e. The summed E-state index contributed by atoms with van der Waals surface area (Å²) in [6, 6.07) is 11.1. The summed E-state index contributed by atoms with van der Waals surface area (Å²) >= 11 is 0. The van der Waals surface area contributed by atoms with Crippen LogP contribution in [0.15, 0.2) is 41.3 Å². The molecule has 0 bridgehead atoms. The lowest BCUT2D eigenvalue weighted by Crippen LogP contribution is -2.43. The second-order valence-electron chi connectivity index (χ2n) is 8.75. The Bertz CT molecular complexity index is 1190. The van der Waals surface area contributed by atoms with Crippen LogP contribution in [0.4, 0.5) is 5.69 Å². The highest BCUT2D eigenvalue weighted by Crippen LogP contribution is 2.36. The van der Waals surface area contributed by atoms with Crippen LogP contribution in [-0.2, 0) is 26.2 Å². The molecule has 2 aliphatic rings. The smallest absolute Gasteiger partial charge is 0.265 e. The lowest BCUT2D eigenvalue weighted by atomic mass is 9.97. The number of carbonyl (C=O) groups is 2. The third-order valence-corrected chi connectivity index (χ3v) is 8.24. The molecule has 2 aliphatic heterocycles. The van der Waals surface area contributed by atoms with Gasteiger partial charge in [0.15, 0.2) is 6.10 Å². The highest BCUT2D eigenvalue weighted by Gasteiger charge is 2.34. The van der Waals surface area contributed by atoms with E-state index in [0.29, 0.717) is 36.4 Å². The second-order valence-corrected chi connectivity index (χ2v) is 10.7. The Balaban J connectivity index is 1.40. The summed E-state index contributed by atoms with van der Waals surface area (Å²) in [6.45, 7) is 6.32. The molecule has 176 valence electrons. The van der Waals surface area contributed by atoms with Crippen molar-refractivity contribution in [2.24, 2.45) is 5.92 Å². The number of nitrogens with zero attached hydrogens (tertiary/aromatic N) is 1. The first kappa shape index (κ1) is 23.3. The van der Waals surface area contributed by atoms with Gasteiger partial charge in [-0.3, -0.25) is 9.59 Å². The first-order valence-electron chi connectivity index (χ1n) is 11.1. The maximum atomic E-state index is 13.3. The Morgan fingerprint density at radius 1 is 1.18 bits per heavy atom. The summed E-state index contributed by atoms with van der Waals surface area (Å²) in [4.78, 5) is 24.6. The number of rotatable bonds is 5. The molecule has 2 N–H and O–H groups in total. The number of carbonyl (C=O) groups excluding carboxylic acids is 2. The summed E-state index contributed by atoms with van der Waals surface area (Å²) in [5.41, 5.74) is 3.18. The van der Waals surface area contributed by atoms with Crippen molar-refractivity contribution in [1.82, 2.24) is 9.62 Å². The van der Waals surface area contributed by atoms with Crippen LogP contribution < -0.4 is 15.4 Å². The van der Waals surface area contributed by atoms with Crippen LogP contribution in [-0.4, -0.2) is 43.7 Å². The van der Waals surface area contributed by atoms with Gasteiger partial charge >= 0.3 is 0 Å². The third-order valence-electron chi connectivity index (χ3n) is 6.20. The molecule has 0 unspecified atom stereocenters. The van der Waals surface area contributed by atoms with Gasteiger partial charge in [0, 0.05) is 31.6 Å². The SMILES string of the molecule is Cc1cccc(CNC(=O)C2CCN(S(=O)(=O)c3cc4c(cc3C)NC(=O)[C@@H](C)O4)CC2)c1. The van der Waals surface area contributed by atoms with E-state index in [1.807, 2.05) is 31.2 Å². The zero-order valence-electron chi connectivity index (χ0n) is 19.1. The molecule has 0 aromatic heterocycles. The Hall–Kier alpha value is -2.91. The molecule has 1 fully saturated rings. The average Bonchev–Trinajstić information content (AvgIpc) is 2.78. The van der Waals surface area contributed by atoms with Gasteiger partial charge in [0.1, 0.15) is 5.75 Å². The highest BCUT2D eigenvalue weighted by atomic mass is 32.2. The Labute approximate surface area is 194 Å². The van der Waals surface area contributed by atoms with E-state index < -0.39 is 16.1 Å². The molecule has 1 atom stereocenters. The Morgan fingerprint density at radius 3 is 2.61 bits per heavy atom. The summed E-state index contributed by atoms with van der Waals surface area (Å²) < 4.78 is 33.7. The van der Waals surface area contributed by atoms with E-state index in [9.17, 15) is 18.0 Å². The molecule has 2 amide bonds. The molecule has 0 spiro atoms. The van der Waals surface area contributed by atoms with Gasteiger partial charge in [-0.15, -0.1) is 0 Å². The molecule has 8 nitrogen and oxygen atoms in total. The van der Waals surface area contributed by atoms with Gasteiger partial charge in [0.25, 0.3) is 5.91 Å². The molecule has 0 saturated carbocycles. The fraction of sp³-hybridized carbons (Fsp3) is 0.417. The van der Waals surface area contributed by atoms with Crippen LogP contribution in [0.25, 0.3) is 0 Å². The van der Waals surface area contributed by atoms with E-state index in [-0.39, 0.29) is 35.7 Å². The molecular formula is C24H29N3O5S. The molecular weight excluding hydrogens is 442 g/mol. The number of sulfonamides is 1. The van der Waals surface area contributed by atoms with Crippen LogP contribution in [0, 0.1) is 19.8 Å². The maximum absolute atomic E-state index is 13.3. The number of hydrogen-bond donors (Lipinski definition) is 2. The van der Waals surface area contributed by atoms with E-state index >= 15 is 0 Å². The fourth-order valence-electron chi connectivity index (χ4n) is 4.27. The zero-order valence-corrected chi connectivity index (χ0v) is 19.9. The van der Waals surface area contributed by atoms with Crippen molar-refractivity contribution < 1.29 is 22.7 Å². The molecule has 0 aliphatic carbocycles. The van der Waals surface area contributed by atoms with Gasteiger partial charge in [-0.05, 0) is 50.8 Å². The number of nitrogens with one attached hydrogen (secondary N) is 2. The van der Waals surface area contributed by atoms with E-state index in [1.54, 1.807) is 19.9 Å². The van der Waals surface area contributed by atoms with Crippen molar-refractivity contribution in [3.05, 3.63) is 53.1 Å². The van der Waals surface area contributed by atoms with Crippen molar-refractivity contribution in [3.63, 3.8) is 0 Å². The molecule has 0 radical (unpaired) electrons.